The third-order valence-electron chi connectivity index (χ3n) is 3.01. The van der Waals surface area contributed by atoms with Crippen molar-refractivity contribution < 1.29 is 23.0 Å². The van der Waals surface area contributed by atoms with Gasteiger partial charge in [0.25, 0.3) is 0 Å². The van der Waals surface area contributed by atoms with E-state index in [1.54, 1.807) is 6.92 Å². The molecule has 1 saturated heterocycles. The molecule has 22 heavy (non-hydrogen) atoms. The molecule has 2 unspecified atom stereocenters. The van der Waals surface area contributed by atoms with Crippen molar-refractivity contribution in [1.29, 1.82) is 0 Å². The minimum Gasteiger partial charge on any atom is -0.488 e. The number of benzene rings is 1. The van der Waals surface area contributed by atoms with Crippen molar-refractivity contribution in [3.05, 3.63) is 29.8 Å². The quantitative estimate of drug-likeness (QED) is 0.850. The minimum atomic E-state index is -0.768. The lowest BCUT2D eigenvalue weighted by atomic mass is 10.2. The van der Waals surface area contributed by atoms with Crippen molar-refractivity contribution in [2.75, 3.05) is 26.4 Å². The minimum absolute atomic E-state index is 0. The van der Waals surface area contributed by atoms with E-state index in [1.807, 2.05) is 0 Å². The van der Waals surface area contributed by atoms with E-state index in [0.717, 1.165) is 12.1 Å². The third kappa shape index (κ3) is 5.40. The van der Waals surface area contributed by atoms with Gasteiger partial charge < -0.3 is 20.1 Å². The molecule has 1 fully saturated rings. The second-order valence-electron chi connectivity index (χ2n) is 4.88. The van der Waals surface area contributed by atoms with Gasteiger partial charge in [0.15, 0.2) is 11.6 Å². The number of morpholine rings is 1. The van der Waals surface area contributed by atoms with Gasteiger partial charge in [-0.2, -0.15) is 0 Å². The molecule has 0 bridgehead atoms. The topological polar surface area (TPSA) is 59.6 Å². The van der Waals surface area contributed by atoms with Crippen LogP contribution in [0.1, 0.15) is 6.92 Å². The largest absolute Gasteiger partial charge is 0.488 e. The van der Waals surface area contributed by atoms with E-state index in [9.17, 15) is 13.6 Å². The van der Waals surface area contributed by atoms with Gasteiger partial charge in [-0.05, 0) is 19.1 Å². The van der Waals surface area contributed by atoms with Crippen LogP contribution in [0.15, 0.2) is 18.2 Å². The summed E-state index contributed by atoms with van der Waals surface area (Å²) in [6.45, 7) is 3.37. The molecule has 8 heteroatoms. The second kappa shape index (κ2) is 8.87. The molecule has 0 radical (unpaired) electrons. The maximum absolute atomic E-state index is 13.4. The molecule has 1 amide bonds. The number of hydrogen-bond acceptors (Lipinski definition) is 4. The molecule has 0 saturated carbocycles. The number of carbonyl (C=O) groups excluding carboxylic acids is 1. The fraction of sp³-hybridized carbons (Fsp3) is 0.500. The highest BCUT2D eigenvalue weighted by molar-refractivity contribution is 5.85. The molecule has 0 aromatic heterocycles. The number of halogens is 3. The van der Waals surface area contributed by atoms with E-state index < -0.39 is 11.6 Å². The monoisotopic (exact) mass is 336 g/mol. The summed E-state index contributed by atoms with van der Waals surface area (Å²) in [6.07, 6.45) is 0. The summed E-state index contributed by atoms with van der Waals surface area (Å²) in [5, 5.41) is 5.78. The maximum Gasteiger partial charge on any atom is 0.239 e. The van der Waals surface area contributed by atoms with Gasteiger partial charge in [0, 0.05) is 12.6 Å². The van der Waals surface area contributed by atoms with E-state index in [2.05, 4.69) is 10.6 Å². The number of amides is 1. The zero-order chi connectivity index (χ0) is 15.2. The average Bonchev–Trinajstić information content (AvgIpc) is 2.47. The lowest BCUT2D eigenvalue weighted by molar-refractivity contribution is -0.126. The highest BCUT2D eigenvalue weighted by atomic mass is 35.5. The number of rotatable bonds is 5. The predicted molar refractivity (Wildman–Crippen MR) is 79.3 cm³/mol. The van der Waals surface area contributed by atoms with Crippen LogP contribution in [0.5, 0.6) is 5.75 Å². The Labute approximate surface area is 133 Å². The van der Waals surface area contributed by atoms with Gasteiger partial charge in [0.2, 0.25) is 5.91 Å². The summed E-state index contributed by atoms with van der Waals surface area (Å²) >= 11 is 0. The van der Waals surface area contributed by atoms with Crippen LogP contribution >= 0.6 is 12.4 Å². The predicted octanol–water partition coefficient (Wildman–Crippen LogP) is 1.26. The fourth-order valence-electron chi connectivity index (χ4n) is 1.93. The molecular weight excluding hydrogens is 318 g/mol. The number of carbonyl (C=O) groups is 1. The molecule has 1 aliphatic rings. The summed E-state index contributed by atoms with van der Waals surface area (Å²) in [7, 11) is 0. The SMILES string of the molecule is CC(COc1ccc(F)cc1F)NC(=O)C1COCCN1.Cl. The van der Waals surface area contributed by atoms with Crippen LogP contribution in [0.25, 0.3) is 0 Å². The molecular formula is C14H19ClF2N2O3. The van der Waals surface area contributed by atoms with Crippen molar-refractivity contribution in [3.8, 4) is 5.75 Å². The zero-order valence-corrected chi connectivity index (χ0v) is 12.9. The van der Waals surface area contributed by atoms with E-state index in [4.69, 9.17) is 9.47 Å². The van der Waals surface area contributed by atoms with Crippen molar-refractivity contribution in [3.63, 3.8) is 0 Å². The Balaban J connectivity index is 0.00000242. The molecule has 0 spiro atoms. The van der Waals surface area contributed by atoms with Crippen LogP contribution in [0, 0.1) is 11.6 Å². The molecule has 2 rings (SSSR count). The molecule has 1 aromatic carbocycles. The summed E-state index contributed by atoms with van der Waals surface area (Å²) in [5.74, 6) is -1.66. The molecule has 1 heterocycles. The van der Waals surface area contributed by atoms with E-state index in [0.29, 0.717) is 19.8 Å². The molecule has 0 aliphatic carbocycles. The van der Waals surface area contributed by atoms with Crippen LogP contribution in [-0.4, -0.2) is 44.4 Å². The molecule has 1 aromatic rings. The average molecular weight is 337 g/mol. The first-order valence-corrected chi connectivity index (χ1v) is 6.75. The van der Waals surface area contributed by atoms with Crippen molar-refractivity contribution >= 4 is 18.3 Å². The lowest BCUT2D eigenvalue weighted by Crippen LogP contribution is -2.53. The second-order valence-corrected chi connectivity index (χ2v) is 4.88. The lowest BCUT2D eigenvalue weighted by Gasteiger charge is -2.24. The molecule has 5 nitrogen and oxygen atoms in total. The van der Waals surface area contributed by atoms with Crippen molar-refractivity contribution in [2.45, 2.75) is 19.0 Å². The van der Waals surface area contributed by atoms with Gasteiger partial charge >= 0.3 is 0 Å². The first kappa shape index (κ1) is 18.6. The molecule has 1 aliphatic heterocycles. The van der Waals surface area contributed by atoms with Crippen molar-refractivity contribution in [2.24, 2.45) is 0 Å². The van der Waals surface area contributed by atoms with Gasteiger partial charge in [0.1, 0.15) is 18.5 Å². The summed E-state index contributed by atoms with van der Waals surface area (Å²) < 4.78 is 36.6. The van der Waals surface area contributed by atoms with E-state index >= 15 is 0 Å². The van der Waals surface area contributed by atoms with E-state index in [1.165, 1.54) is 6.07 Å². The van der Waals surface area contributed by atoms with Gasteiger partial charge in [-0.15, -0.1) is 12.4 Å². The van der Waals surface area contributed by atoms with Crippen LogP contribution < -0.4 is 15.4 Å². The molecule has 124 valence electrons. The Morgan fingerprint density at radius 2 is 2.32 bits per heavy atom. The Bertz CT molecular complexity index is 499. The first-order chi connectivity index (χ1) is 10.1. The van der Waals surface area contributed by atoms with Gasteiger partial charge in [0.05, 0.1) is 19.3 Å². The first-order valence-electron chi connectivity index (χ1n) is 6.75. The summed E-state index contributed by atoms with van der Waals surface area (Å²) in [4.78, 5) is 11.9. The van der Waals surface area contributed by atoms with Crippen LogP contribution in [-0.2, 0) is 9.53 Å². The van der Waals surface area contributed by atoms with Gasteiger partial charge in [-0.1, -0.05) is 0 Å². The summed E-state index contributed by atoms with van der Waals surface area (Å²) in [5.41, 5.74) is 0. The Kier molecular flexibility index (Phi) is 7.50. The highest BCUT2D eigenvalue weighted by Gasteiger charge is 2.22. The molecule has 2 atom stereocenters. The summed E-state index contributed by atoms with van der Waals surface area (Å²) in [6, 6.07) is 2.39. The standard InChI is InChI=1S/C14H18F2N2O3.ClH/c1-9(18-14(19)12-8-20-5-4-17-12)7-21-13-3-2-10(15)6-11(13)16;/h2-3,6,9,12,17H,4-5,7-8H2,1H3,(H,18,19);1H. The van der Waals surface area contributed by atoms with E-state index in [-0.39, 0.29) is 42.8 Å². The Hall–Kier alpha value is -1.44. The normalized spacial score (nSPS) is 19.0. The number of hydrogen-bond donors (Lipinski definition) is 2. The number of ether oxygens (including phenoxy) is 2. The van der Waals surface area contributed by atoms with Crippen LogP contribution in [0.2, 0.25) is 0 Å². The Morgan fingerprint density at radius 1 is 1.55 bits per heavy atom. The van der Waals surface area contributed by atoms with Gasteiger partial charge in [-0.25, -0.2) is 8.78 Å². The maximum atomic E-state index is 13.4. The van der Waals surface area contributed by atoms with Crippen LogP contribution in [0.3, 0.4) is 0 Å². The third-order valence-corrected chi connectivity index (χ3v) is 3.01. The molecule has 2 N–H and O–H groups in total. The number of nitrogens with one attached hydrogen (secondary N) is 2. The van der Waals surface area contributed by atoms with Gasteiger partial charge in [-0.3, -0.25) is 4.79 Å². The zero-order valence-electron chi connectivity index (χ0n) is 12.1. The Morgan fingerprint density at radius 3 is 2.95 bits per heavy atom. The fourth-order valence-corrected chi connectivity index (χ4v) is 1.93. The highest BCUT2D eigenvalue weighted by Crippen LogP contribution is 2.17. The smallest absolute Gasteiger partial charge is 0.239 e. The van der Waals surface area contributed by atoms with Crippen LogP contribution in [0.4, 0.5) is 8.78 Å². The van der Waals surface area contributed by atoms with Crippen molar-refractivity contribution in [1.82, 2.24) is 10.6 Å².